The smallest absolute Gasteiger partial charge is 0.256 e. The summed E-state index contributed by atoms with van der Waals surface area (Å²) in [6, 6.07) is 19.7. The van der Waals surface area contributed by atoms with Crippen LogP contribution in [0.1, 0.15) is 5.69 Å². The van der Waals surface area contributed by atoms with Crippen molar-refractivity contribution in [2.75, 3.05) is 0 Å². The number of hydrogen-bond acceptors (Lipinski definition) is 4. The highest BCUT2D eigenvalue weighted by atomic mass is 16.5. The Morgan fingerprint density at radius 3 is 2.19 bits per heavy atom. The second kappa shape index (κ2) is 5.85. The molecule has 0 fully saturated rings. The van der Waals surface area contributed by atoms with Crippen molar-refractivity contribution in [2.24, 2.45) is 0 Å². The quantitative estimate of drug-likeness (QED) is 0.728. The van der Waals surface area contributed by atoms with Crippen LogP contribution in [0, 0.1) is 11.3 Å². The van der Waals surface area contributed by atoms with Gasteiger partial charge < -0.3 is 4.74 Å². The molecule has 1 heterocycles. The first kappa shape index (κ1) is 12.8. The minimum atomic E-state index is 0.171. The number of nitrogens with zero attached hydrogens (tertiary/aromatic N) is 3. The van der Waals surface area contributed by atoms with E-state index in [9.17, 15) is 0 Å². The van der Waals surface area contributed by atoms with Gasteiger partial charge in [-0.05, 0) is 23.3 Å². The van der Waals surface area contributed by atoms with Gasteiger partial charge in [0.05, 0.1) is 0 Å². The molecule has 0 spiro atoms. The van der Waals surface area contributed by atoms with Crippen LogP contribution in [0.4, 0.5) is 0 Å². The second-order valence-corrected chi connectivity index (χ2v) is 4.31. The Morgan fingerprint density at radius 2 is 1.48 bits per heavy atom. The van der Waals surface area contributed by atoms with Gasteiger partial charge in [-0.25, -0.2) is 9.97 Å². The fourth-order valence-corrected chi connectivity index (χ4v) is 1.93. The van der Waals surface area contributed by atoms with E-state index >= 15 is 0 Å². The summed E-state index contributed by atoms with van der Waals surface area (Å²) in [4.78, 5) is 7.93. The molecule has 0 aliphatic carbocycles. The van der Waals surface area contributed by atoms with Crippen LogP contribution in [-0.4, -0.2) is 9.97 Å². The van der Waals surface area contributed by atoms with Crippen LogP contribution in [-0.2, 0) is 0 Å². The Bertz CT molecular complexity index is 777. The lowest BCUT2D eigenvalue weighted by molar-refractivity contribution is 0.458. The zero-order chi connectivity index (χ0) is 14.5. The number of ether oxygens (including phenoxy) is 1. The van der Waals surface area contributed by atoms with E-state index in [-0.39, 0.29) is 11.6 Å². The fourth-order valence-electron chi connectivity index (χ4n) is 1.93. The van der Waals surface area contributed by atoms with Crippen LogP contribution in [0.2, 0.25) is 0 Å². The van der Waals surface area contributed by atoms with Gasteiger partial charge in [0.15, 0.2) is 0 Å². The predicted octanol–water partition coefficient (Wildman–Crippen LogP) is 3.81. The van der Waals surface area contributed by atoms with Crippen molar-refractivity contribution in [1.29, 1.82) is 5.26 Å². The molecule has 21 heavy (non-hydrogen) atoms. The molecular weight excluding hydrogens is 262 g/mol. The lowest BCUT2D eigenvalue weighted by Crippen LogP contribution is -1.93. The van der Waals surface area contributed by atoms with Crippen LogP contribution in [0.15, 0.2) is 67.0 Å². The van der Waals surface area contributed by atoms with Crippen LogP contribution >= 0.6 is 0 Å². The highest BCUT2D eigenvalue weighted by molar-refractivity contribution is 5.64. The van der Waals surface area contributed by atoms with E-state index in [2.05, 4.69) is 9.97 Å². The zero-order valence-electron chi connectivity index (χ0n) is 11.1. The molecule has 1 aromatic heterocycles. The van der Waals surface area contributed by atoms with E-state index < -0.39 is 0 Å². The van der Waals surface area contributed by atoms with Crippen molar-refractivity contribution in [3.63, 3.8) is 0 Å². The van der Waals surface area contributed by atoms with E-state index in [1.54, 1.807) is 0 Å². The standard InChI is InChI=1S/C17H11N3O/c18-12-16-17(20-11-10-19-16)21-15-8-6-14(7-9-15)13-4-2-1-3-5-13/h1-11H. The molecule has 0 saturated carbocycles. The minimum Gasteiger partial charge on any atom is -0.437 e. The maximum Gasteiger partial charge on any atom is 0.256 e. The van der Waals surface area contributed by atoms with Crippen molar-refractivity contribution < 1.29 is 4.74 Å². The summed E-state index contributed by atoms with van der Waals surface area (Å²) >= 11 is 0. The van der Waals surface area contributed by atoms with Gasteiger partial charge in [-0.3, -0.25) is 0 Å². The van der Waals surface area contributed by atoms with E-state index in [1.165, 1.54) is 12.4 Å². The molecule has 3 aromatic rings. The number of aromatic nitrogens is 2. The molecule has 0 saturated heterocycles. The Morgan fingerprint density at radius 1 is 0.810 bits per heavy atom. The molecule has 0 radical (unpaired) electrons. The van der Waals surface area contributed by atoms with E-state index in [0.717, 1.165) is 11.1 Å². The second-order valence-electron chi connectivity index (χ2n) is 4.31. The fraction of sp³-hybridized carbons (Fsp3) is 0. The predicted molar refractivity (Wildman–Crippen MR) is 78.7 cm³/mol. The van der Waals surface area contributed by atoms with Crippen LogP contribution in [0.25, 0.3) is 11.1 Å². The first-order valence-corrected chi connectivity index (χ1v) is 6.41. The summed E-state index contributed by atoms with van der Waals surface area (Å²) in [5, 5.41) is 8.96. The van der Waals surface area contributed by atoms with Gasteiger partial charge in [0.25, 0.3) is 5.88 Å². The van der Waals surface area contributed by atoms with E-state index in [1.807, 2.05) is 60.7 Å². The Kier molecular flexibility index (Phi) is 3.57. The molecule has 4 nitrogen and oxygen atoms in total. The summed E-state index contributed by atoms with van der Waals surface area (Å²) in [7, 11) is 0. The van der Waals surface area contributed by atoms with Crippen molar-refractivity contribution >= 4 is 0 Å². The van der Waals surface area contributed by atoms with Crippen LogP contribution in [0.3, 0.4) is 0 Å². The van der Waals surface area contributed by atoms with Gasteiger partial charge in [0.2, 0.25) is 5.69 Å². The van der Waals surface area contributed by atoms with Crippen molar-refractivity contribution in [3.05, 3.63) is 72.7 Å². The van der Waals surface area contributed by atoms with Gasteiger partial charge in [-0.15, -0.1) is 0 Å². The van der Waals surface area contributed by atoms with Gasteiger partial charge in [-0.2, -0.15) is 5.26 Å². The molecule has 0 amide bonds. The summed E-state index contributed by atoms with van der Waals surface area (Å²) in [6.07, 6.45) is 2.96. The average Bonchev–Trinajstić information content (AvgIpc) is 2.57. The molecule has 100 valence electrons. The highest BCUT2D eigenvalue weighted by Gasteiger charge is 2.06. The zero-order valence-corrected chi connectivity index (χ0v) is 11.1. The van der Waals surface area contributed by atoms with E-state index in [0.29, 0.717) is 5.75 Å². The molecule has 0 aliphatic heterocycles. The molecule has 0 N–H and O–H groups in total. The van der Waals surface area contributed by atoms with Crippen molar-refractivity contribution in [3.8, 4) is 28.8 Å². The monoisotopic (exact) mass is 273 g/mol. The molecular formula is C17H11N3O. The summed E-state index contributed by atoms with van der Waals surface area (Å²) < 4.78 is 5.60. The van der Waals surface area contributed by atoms with Crippen LogP contribution < -0.4 is 4.74 Å². The molecule has 0 aliphatic rings. The Balaban J connectivity index is 1.84. The number of hydrogen-bond donors (Lipinski definition) is 0. The third-order valence-electron chi connectivity index (χ3n) is 2.95. The average molecular weight is 273 g/mol. The van der Waals surface area contributed by atoms with Gasteiger partial charge >= 0.3 is 0 Å². The van der Waals surface area contributed by atoms with Gasteiger partial charge in [0.1, 0.15) is 11.8 Å². The highest BCUT2D eigenvalue weighted by Crippen LogP contribution is 2.25. The molecule has 4 heteroatoms. The van der Waals surface area contributed by atoms with E-state index in [4.69, 9.17) is 10.00 Å². The molecule has 0 atom stereocenters. The minimum absolute atomic E-state index is 0.171. The third-order valence-corrected chi connectivity index (χ3v) is 2.95. The summed E-state index contributed by atoms with van der Waals surface area (Å²) in [5.41, 5.74) is 2.41. The maximum atomic E-state index is 8.96. The lowest BCUT2D eigenvalue weighted by atomic mass is 10.1. The Labute approximate surface area is 122 Å². The van der Waals surface area contributed by atoms with Crippen molar-refractivity contribution in [1.82, 2.24) is 9.97 Å². The molecule has 3 rings (SSSR count). The SMILES string of the molecule is N#Cc1nccnc1Oc1ccc(-c2ccccc2)cc1. The van der Waals surface area contributed by atoms with Gasteiger partial charge in [0, 0.05) is 12.4 Å². The summed E-state index contributed by atoms with van der Waals surface area (Å²) in [5.74, 6) is 0.833. The first-order chi connectivity index (χ1) is 10.4. The molecule has 0 unspecified atom stereocenters. The number of benzene rings is 2. The van der Waals surface area contributed by atoms with Crippen LogP contribution in [0.5, 0.6) is 11.6 Å². The lowest BCUT2D eigenvalue weighted by Gasteiger charge is -2.06. The summed E-state index contributed by atoms with van der Waals surface area (Å²) in [6.45, 7) is 0. The molecule has 2 aromatic carbocycles. The molecule has 0 bridgehead atoms. The third kappa shape index (κ3) is 2.88. The number of rotatable bonds is 3. The normalized spacial score (nSPS) is 9.86. The first-order valence-electron chi connectivity index (χ1n) is 6.41. The largest absolute Gasteiger partial charge is 0.437 e. The van der Waals surface area contributed by atoms with Crippen molar-refractivity contribution in [2.45, 2.75) is 0 Å². The topological polar surface area (TPSA) is 58.8 Å². The maximum absolute atomic E-state index is 8.96. The van der Waals surface area contributed by atoms with Gasteiger partial charge in [-0.1, -0.05) is 42.5 Å². The number of nitriles is 1. The Hall–Kier alpha value is -3.19.